The van der Waals surface area contributed by atoms with Crippen LogP contribution in [0.15, 0.2) is 10.5 Å². The van der Waals surface area contributed by atoms with Crippen molar-refractivity contribution in [2.75, 3.05) is 13.2 Å². The van der Waals surface area contributed by atoms with Crippen LogP contribution in [0.2, 0.25) is 0 Å². The molecule has 2 aliphatic rings. The Morgan fingerprint density at radius 3 is 2.65 bits per heavy atom. The van der Waals surface area contributed by atoms with Crippen LogP contribution >= 0.6 is 15.9 Å². The van der Waals surface area contributed by atoms with Crippen LogP contribution in [0.25, 0.3) is 0 Å². The van der Waals surface area contributed by atoms with Crippen LogP contribution in [0, 0.1) is 12.8 Å². The normalized spacial score (nSPS) is 18.7. The zero-order valence-electron chi connectivity index (χ0n) is 11.3. The SMILES string of the molecule is Cc1c(C(CC(=O)O)C2CC2)cc(Br)c2c1OCCO2. The number of ether oxygens (including phenoxy) is 2. The molecule has 4 nitrogen and oxygen atoms in total. The van der Waals surface area contributed by atoms with E-state index < -0.39 is 5.97 Å². The number of carboxylic acids is 1. The summed E-state index contributed by atoms with van der Waals surface area (Å²) >= 11 is 3.52. The number of hydrogen-bond donors (Lipinski definition) is 1. The highest BCUT2D eigenvalue weighted by Gasteiger charge is 2.36. The Balaban J connectivity index is 2.03. The van der Waals surface area contributed by atoms with Gasteiger partial charge in [-0.1, -0.05) is 0 Å². The number of aliphatic carboxylic acids is 1. The van der Waals surface area contributed by atoms with Gasteiger partial charge in [0.15, 0.2) is 11.5 Å². The molecule has 20 heavy (non-hydrogen) atoms. The zero-order valence-corrected chi connectivity index (χ0v) is 12.9. The van der Waals surface area contributed by atoms with E-state index in [4.69, 9.17) is 14.6 Å². The minimum Gasteiger partial charge on any atom is -0.486 e. The van der Waals surface area contributed by atoms with E-state index in [1.54, 1.807) is 0 Å². The van der Waals surface area contributed by atoms with Crippen molar-refractivity contribution in [3.05, 3.63) is 21.7 Å². The Morgan fingerprint density at radius 2 is 2.05 bits per heavy atom. The molecule has 0 saturated heterocycles. The fourth-order valence-electron chi connectivity index (χ4n) is 2.92. The van der Waals surface area contributed by atoms with Crippen LogP contribution < -0.4 is 9.47 Å². The second kappa shape index (κ2) is 5.28. The summed E-state index contributed by atoms with van der Waals surface area (Å²) in [5, 5.41) is 9.15. The van der Waals surface area contributed by atoms with Crippen LogP contribution in [0.1, 0.15) is 36.3 Å². The third-order valence-electron chi connectivity index (χ3n) is 4.04. The van der Waals surface area contributed by atoms with E-state index in [1.165, 1.54) is 0 Å². The van der Waals surface area contributed by atoms with Crippen molar-refractivity contribution < 1.29 is 19.4 Å². The van der Waals surface area contributed by atoms with Crippen molar-refractivity contribution in [1.82, 2.24) is 0 Å². The van der Waals surface area contributed by atoms with E-state index in [-0.39, 0.29) is 12.3 Å². The average molecular weight is 341 g/mol. The molecular weight excluding hydrogens is 324 g/mol. The number of carboxylic acid groups (broad SMARTS) is 1. The van der Waals surface area contributed by atoms with Gasteiger partial charge in [-0.05, 0) is 64.7 Å². The molecular formula is C15H17BrO4. The predicted molar refractivity (Wildman–Crippen MR) is 77.6 cm³/mol. The van der Waals surface area contributed by atoms with Gasteiger partial charge in [-0.25, -0.2) is 0 Å². The molecule has 1 aromatic carbocycles. The topological polar surface area (TPSA) is 55.8 Å². The highest BCUT2D eigenvalue weighted by atomic mass is 79.9. The average Bonchev–Trinajstić information content (AvgIpc) is 3.25. The number of benzene rings is 1. The van der Waals surface area contributed by atoms with E-state index >= 15 is 0 Å². The molecule has 1 aliphatic heterocycles. The van der Waals surface area contributed by atoms with Crippen LogP contribution in [0.5, 0.6) is 11.5 Å². The van der Waals surface area contributed by atoms with Crippen LogP contribution in [-0.2, 0) is 4.79 Å². The van der Waals surface area contributed by atoms with Crippen molar-refractivity contribution in [3.63, 3.8) is 0 Å². The van der Waals surface area contributed by atoms with Gasteiger partial charge in [0.25, 0.3) is 0 Å². The molecule has 108 valence electrons. The minimum absolute atomic E-state index is 0.0691. The van der Waals surface area contributed by atoms with E-state index in [0.29, 0.717) is 19.1 Å². The van der Waals surface area contributed by atoms with Gasteiger partial charge >= 0.3 is 5.97 Å². The fraction of sp³-hybridized carbons (Fsp3) is 0.533. The molecule has 0 amide bonds. The molecule has 1 fully saturated rings. The molecule has 1 heterocycles. The zero-order chi connectivity index (χ0) is 14.3. The molecule has 3 rings (SSSR count). The lowest BCUT2D eigenvalue weighted by atomic mass is 9.87. The number of halogens is 1. The Hall–Kier alpha value is -1.23. The Bertz CT molecular complexity index is 551. The first-order valence-electron chi connectivity index (χ1n) is 6.88. The van der Waals surface area contributed by atoms with Crippen LogP contribution in [0.4, 0.5) is 0 Å². The summed E-state index contributed by atoms with van der Waals surface area (Å²) < 4.78 is 12.2. The monoisotopic (exact) mass is 340 g/mol. The lowest BCUT2D eigenvalue weighted by Crippen LogP contribution is -2.18. The van der Waals surface area contributed by atoms with Crippen LogP contribution in [0.3, 0.4) is 0 Å². The van der Waals surface area contributed by atoms with E-state index in [1.807, 2.05) is 13.0 Å². The molecule has 0 radical (unpaired) electrons. The summed E-state index contributed by atoms with van der Waals surface area (Å²) in [6.07, 6.45) is 2.41. The third kappa shape index (κ3) is 2.51. The van der Waals surface area contributed by atoms with Gasteiger partial charge in [-0.2, -0.15) is 0 Å². The maximum Gasteiger partial charge on any atom is 0.303 e. The molecule has 1 aromatic rings. The predicted octanol–water partition coefficient (Wildman–Crippen LogP) is 3.50. The summed E-state index contributed by atoms with van der Waals surface area (Å²) in [5.41, 5.74) is 2.09. The smallest absolute Gasteiger partial charge is 0.303 e. The molecule has 1 N–H and O–H groups in total. The van der Waals surface area contributed by atoms with Crippen molar-refractivity contribution >= 4 is 21.9 Å². The van der Waals surface area contributed by atoms with Gasteiger partial charge in [-0.15, -0.1) is 0 Å². The van der Waals surface area contributed by atoms with Gasteiger partial charge in [-0.3, -0.25) is 4.79 Å². The minimum atomic E-state index is -0.743. The van der Waals surface area contributed by atoms with Crippen LogP contribution in [-0.4, -0.2) is 24.3 Å². The van der Waals surface area contributed by atoms with Gasteiger partial charge in [0, 0.05) is 0 Å². The fourth-order valence-corrected chi connectivity index (χ4v) is 3.46. The number of rotatable bonds is 4. The quantitative estimate of drug-likeness (QED) is 0.911. The molecule has 1 saturated carbocycles. The maximum atomic E-state index is 11.1. The largest absolute Gasteiger partial charge is 0.486 e. The van der Waals surface area contributed by atoms with Crippen molar-refractivity contribution in [3.8, 4) is 11.5 Å². The van der Waals surface area contributed by atoms with Crippen molar-refractivity contribution in [2.24, 2.45) is 5.92 Å². The van der Waals surface area contributed by atoms with Gasteiger partial charge in [0.05, 0.1) is 10.9 Å². The molecule has 0 spiro atoms. The number of carbonyl (C=O) groups is 1. The molecule has 5 heteroatoms. The molecule has 0 bridgehead atoms. The third-order valence-corrected chi connectivity index (χ3v) is 4.63. The maximum absolute atomic E-state index is 11.1. The first kappa shape index (κ1) is 13.7. The van der Waals surface area contributed by atoms with Gasteiger partial charge in [0.1, 0.15) is 13.2 Å². The summed E-state index contributed by atoms with van der Waals surface area (Å²) in [4.78, 5) is 11.1. The molecule has 1 atom stereocenters. The van der Waals surface area contributed by atoms with E-state index in [2.05, 4.69) is 15.9 Å². The lowest BCUT2D eigenvalue weighted by Gasteiger charge is -2.26. The molecule has 1 unspecified atom stereocenters. The Morgan fingerprint density at radius 1 is 1.40 bits per heavy atom. The highest BCUT2D eigenvalue weighted by Crippen LogP contribution is 2.50. The first-order valence-corrected chi connectivity index (χ1v) is 7.67. The summed E-state index contributed by atoms with van der Waals surface area (Å²) in [6.45, 7) is 3.08. The van der Waals surface area contributed by atoms with Crippen molar-refractivity contribution in [1.29, 1.82) is 0 Å². The van der Waals surface area contributed by atoms with Crippen molar-refractivity contribution in [2.45, 2.75) is 32.1 Å². The number of fused-ring (bicyclic) bond motifs is 1. The Labute approximate surface area is 126 Å². The lowest BCUT2D eigenvalue weighted by molar-refractivity contribution is -0.137. The summed E-state index contributed by atoms with van der Waals surface area (Å²) in [7, 11) is 0. The first-order chi connectivity index (χ1) is 9.58. The highest BCUT2D eigenvalue weighted by molar-refractivity contribution is 9.10. The van der Waals surface area contributed by atoms with Gasteiger partial charge in [0.2, 0.25) is 0 Å². The molecule has 1 aliphatic carbocycles. The van der Waals surface area contributed by atoms with E-state index in [9.17, 15) is 4.79 Å². The standard InChI is InChI=1S/C15H17BrO4/c1-8-10(11(7-13(17)18)9-2-3-9)6-12(16)15-14(8)19-4-5-20-15/h6,9,11H,2-5,7H2,1H3,(H,17,18). The number of hydrogen-bond acceptors (Lipinski definition) is 3. The second-order valence-corrected chi connectivity index (χ2v) is 6.32. The van der Waals surface area contributed by atoms with Gasteiger partial charge < -0.3 is 14.6 Å². The Kier molecular flexibility index (Phi) is 3.63. The molecule has 0 aromatic heterocycles. The summed E-state index contributed by atoms with van der Waals surface area (Å²) in [5.74, 6) is 1.31. The van der Waals surface area contributed by atoms with E-state index in [0.717, 1.165) is 39.9 Å². The second-order valence-electron chi connectivity index (χ2n) is 5.47. The summed E-state index contributed by atoms with van der Waals surface area (Å²) in [6, 6.07) is 2.01.